The van der Waals surface area contributed by atoms with Crippen LogP contribution in [0.3, 0.4) is 0 Å². The third-order valence-corrected chi connectivity index (χ3v) is 3.49. The lowest BCUT2D eigenvalue weighted by atomic mass is 10.2. The van der Waals surface area contributed by atoms with Crippen molar-refractivity contribution in [3.05, 3.63) is 54.1 Å². The van der Waals surface area contributed by atoms with Crippen molar-refractivity contribution < 1.29 is 9.53 Å². The Hall–Kier alpha value is -2.29. The summed E-state index contributed by atoms with van der Waals surface area (Å²) in [7, 11) is 1.60. The lowest BCUT2D eigenvalue weighted by Crippen LogP contribution is -2.22. The predicted octanol–water partition coefficient (Wildman–Crippen LogP) is 3.98. The first kappa shape index (κ1) is 21.8. The molecule has 0 unspecified atom stereocenters. The van der Waals surface area contributed by atoms with Crippen LogP contribution in [0.2, 0.25) is 0 Å². The summed E-state index contributed by atoms with van der Waals surface area (Å²) in [6, 6.07) is 15.1. The monoisotopic (exact) mass is 468 g/mol. The van der Waals surface area contributed by atoms with Gasteiger partial charge in [0.1, 0.15) is 5.75 Å². The van der Waals surface area contributed by atoms with E-state index in [0.29, 0.717) is 24.7 Å². The number of carbonyl (C=O) groups is 1. The summed E-state index contributed by atoms with van der Waals surface area (Å²) in [4.78, 5) is 16.0. The Morgan fingerprint density at radius 1 is 1.15 bits per heavy atom. The molecular weight excluding hydrogens is 443 g/mol. The van der Waals surface area contributed by atoms with Gasteiger partial charge in [-0.15, -0.1) is 24.0 Å². The normalized spacial score (nSPS) is 10.6. The van der Waals surface area contributed by atoms with E-state index in [0.717, 1.165) is 23.4 Å². The summed E-state index contributed by atoms with van der Waals surface area (Å²) >= 11 is 0. The van der Waals surface area contributed by atoms with Crippen molar-refractivity contribution >= 4 is 47.2 Å². The number of aliphatic imine (C=N–C) groups is 1. The van der Waals surface area contributed by atoms with Gasteiger partial charge in [0, 0.05) is 12.1 Å². The SMILES string of the molecule is CCCC(=O)Nc1cccc(CN=C(N)Nc2ccccc2OC)c1.I. The maximum atomic E-state index is 11.7. The first-order valence-corrected chi connectivity index (χ1v) is 8.21. The molecule has 0 bridgehead atoms. The van der Waals surface area contributed by atoms with Crippen LogP contribution in [0.25, 0.3) is 0 Å². The number of nitrogens with two attached hydrogens (primary N) is 1. The fourth-order valence-corrected chi connectivity index (χ4v) is 2.30. The summed E-state index contributed by atoms with van der Waals surface area (Å²) in [6.45, 7) is 2.38. The molecule has 1 amide bonds. The maximum Gasteiger partial charge on any atom is 0.224 e. The highest BCUT2D eigenvalue weighted by Gasteiger charge is 2.04. The number of guanidine groups is 1. The Labute approximate surface area is 171 Å². The Balaban J connectivity index is 0.00000338. The van der Waals surface area contributed by atoms with Gasteiger partial charge in [-0.25, -0.2) is 4.99 Å². The average molecular weight is 468 g/mol. The van der Waals surface area contributed by atoms with E-state index < -0.39 is 0 Å². The smallest absolute Gasteiger partial charge is 0.224 e. The van der Waals surface area contributed by atoms with Crippen LogP contribution in [0, 0.1) is 0 Å². The van der Waals surface area contributed by atoms with Gasteiger partial charge in [-0.3, -0.25) is 4.79 Å². The maximum absolute atomic E-state index is 11.7. The van der Waals surface area contributed by atoms with Gasteiger partial charge in [0.25, 0.3) is 0 Å². The fourth-order valence-electron chi connectivity index (χ4n) is 2.30. The minimum atomic E-state index is 0. The zero-order valence-electron chi connectivity index (χ0n) is 15.0. The summed E-state index contributed by atoms with van der Waals surface area (Å²) in [5.74, 6) is 1.01. The standard InChI is InChI=1S/C19H24N4O2.HI/c1-3-7-18(24)22-15-9-6-8-14(12-15)13-21-19(20)23-16-10-4-5-11-17(16)25-2;/h4-6,8-12H,3,7,13H2,1-2H3,(H,22,24)(H3,20,21,23);1H. The van der Waals surface area contributed by atoms with Gasteiger partial charge in [-0.05, 0) is 36.2 Å². The van der Waals surface area contributed by atoms with Crippen LogP contribution >= 0.6 is 24.0 Å². The van der Waals surface area contributed by atoms with Crippen LogP contribution < -0.4 is 21.1 Å². The van der Waals surface area contributed by atoms with Gasteiger partial charge in [-0.1, -0.05) is 31.2 Å². The summed E-state index contributed by atoms with van der Waals surface area (Å²) in [5.41, 5.74) is 8.43. The molecule has 0 heterocycles. The Morgan fingerprint density at radius 3 is 2.65 bits per heavy atom. The molecule has 0 saturated carbocycles. The highest BCUT2D eigenvalue weighted by atomic mass is 127. The van der Waals surface area contributed by atoms with E-state index in [4.69, 9.17) is 10.5 Å². The predicted molar refractivity (Wildman–Crippen MR) is 117 cm³/mol. The zero-order chi connectivity index (χ0) is 18.1. The van der Waals surface area contributed by atoms with E-state index in [2.05, 4.69) is 15.6 Å². The molecule has 140 valence electrons. The molecule has 2 rings (SSSR count). The fraction of sp³-hybridized carbons (Fsp3) is 0.263. The van der Waals surface area contributed by atoms with Crippen LogP contribution in [-0.4, -0.2) is 19.0 Å². The second-order valence-corrected chi connectivity index (χ2v) is 5.53. The number of nitrogens with one attached hydrogen (secondary N) is 2. The van der Waals surface area contributed by atoms with Crippen molar-refractivity contribution in [2.24, 2.45) is 10.7 Å². The number of benzene rings is 2. The van der Waals surface area contributed by atoms with Gasteiger partial charge >= 0.3 is 0 Å². The molecule has 0 fully saturated rings. The third kappa shape index (κ3) is 6.91. The number of hydrogen-bond acceptors (Lipinski definition) is 3. The van der Waals surface area contributed by atoms with Crippen LogP contribution in [0.4, 0.5) is 11.4 Å². The minimum absolute atomic E-state index is 0. The number of nitrogens with zero attached hydrogens (tertiary/aromatic N) is 1. The number of methoxy groups -OCH3 is 1. The van der Waals surface area contributed by atoms with Crippen molar-refractivity contribution in [1.29, 1.82) is 0 Å². The molecule has 0 atom stereocenters. The highest BCUT2D eigenvalue weighted by Crippen LogP contribution is 2.22. The van der Waals surface area contributed by atoms with Crippen molar-refractivity contribution in [1.82, 2.24) is 0 Å². The van der Waals surface area contributed by atoms with E-state index in [1.165, 1.54) is 0 Å². The van der Waals surface area contributed by atoms with Gasteiger partial charge in [0.15, 0.2) is 5.96 Å². The van der Waals surface area contributed by atoms with Crippen LogP contribution in [0.5, 0.6) is 5.75 Å². The van der Waals surface area contributed by atoms with Crippen molar-refractivity contribution in [3.8, 4) is 5.75 Å². The average Bonchev–Trinajstić information content (AvgIpc) is 2.61. The Morgan fingerprint density at radius 2 is 1.92 bits per heavy atom. The Kier molecular flexibility index (Phi) is 9.50. The number of carbonyl (C=O) groups excluding carboxylic acids is 1. The zero-order valence-corrected chi connectivity index (χ0v) is 17.3. The van der Waals surface area contributed by atoms with Crippen molar-refractivity contribution in [3.63, 3.8) is 0 Å². The molecule has 0 aliphatic carbocycles. The van der Waals surface area contributed by atoms with Gasteiger partial charge < -0.3 is 21.1 Å². The molecule has 0 spiro atoms. The second kappa shape index (κ2) is 11.3. The van der Waals surface area contributed by atoms with E-state index >= 15 is 0 Å². The quantitative estimate of drug-likeness (QED) is 0.326. The molecule has 2 aromatic carbocycles. The molecule has 26 heavy (non-hydrogen) atoms. The molecule has 6 nitrogen and oxygen atoms in total. The number of amides is 1. The van der Waals surface area contributed by atoms with E-state index in [1.54, 1.807) is 7.11 Å². The number of anilines is 2. The van der Waals surface area contributed by atoms with Crippen molar-refractivity contribution in [2.75, 3.05) is 17.7 Å². The van der Waals surface area contributed by atoms with E-state index in [1.807, 2.05) is 55.5 Å². The third-order valence-electron chi connectivity index (χ3n) is 3.49. The molecule has 4 N–H and O–H groups in total. The highest BCUT2D eigenvalue weighted by molar-refractivity contribution is 14.0. The molecule has 0 radical (unpaired) electrons. The molecule has 0 aliphatic heterocycles. The van der Waals surface area contributed by atoms with Gasteiger partial charge in [0.2, 0.25) is 5.91 Å². The minimum Gasteiger partial charge on any atom is -0.495 e. The molecular formula is C19H25IN4O2. The number of ether oxygens (including phenoxy) is 1. The van der Waals surface area contributed by atoms with Crippen LogP contribution in [-0.2, 0) is 11.3 Å². The summed E-state index contributed by atoms with van der Waals surface area (Å²) < 4.78 is 5.27. The van der Waals surface area contributed by atoms with Crippen LogP contribution in [0.15, 0.2) is 53.5 Å². The van der Waals surface area contributed by atoms with Gasteiger partial charge in [-0.2, -0.15) is 0 Å². The van der Waals surface area contributed by atoms with Crippen LogP contribution in [0.1, 0.15) is 25.3 Å². The number of halogens is 1. The van der Waals surface area contributed by atoms with E-state index in [-0.39, 0.29) is 29.9 Å². The lowest BCUT2D eigenvalue weighted by molar-refractivity contribution is -0.116. The Bertz CT molecular complexity index is 750. The molecule has 2 aromatic rings. The van der Waals surface area contributed by atoms with Gasteiger partial charge in [0.05, 0.1) is 19.3 Å². The molecule has 7 heteroatoms. The summed E-state index contributed by atoms with van der Waals surface area (Å²) in [5, 5.41) is 5.90. The van der Waals surface area contributed by atoms with Crippen molar-refractivity contribution in [2.45, 2.75) is 26.3 Å². The number of para-hydroxylation sites is 2. The lowest BCUT2D eigenvalue weighted by Gasteiger charge is -2.10. The second-order valence-electron chi connectivity index (χ2n) is 5.53. The topological polar surface area (TPSA) is 88.7 Å². The summed E-state index contributed by atoms with van der Waals surface area (Å²) in [6.07, 6.45) is 1.33. The molecule has 0 aliphatic rings. The van der Waals surface area contributed by atoms with E-state index in [9.17, 15) is 4.79 Å². The molecule has 0 aromatic heterocycles. The number of hydrogen-bond donors (Lipinski definition) is 3. The first-order chi connectivity index (χ1) is 12.1. The molecule has 0 saturated heterocycles. The number of rotatable bonds is 7. The first-order valence-electron chi connectivity index (χ1n) is 8.21. The largest absolute Gasteiger partial charge is 0.495 e.